The molecule has 1 aliphatic heterocycles. The van der Waals surface area contributed by atoms with Crippen molar-refractivity contribution in [2.75, 3.05) is 5.75 Å². The number of hydrogen-bond acceptors (Lipinski definition) is 4. The summed E-state index contributed by atoms with van der Waals surface area (Å²) in [7, 11) is -0.507. The maximum absolute atomic E-state index is 11.0. The lowest BCUT2D eigenvalue weighted by atomic mass is 9.78. The number of carboxylic acids is 1. The Morgan fingerprint density at radius 3 is 2.30 bits per heavy atom. The van der Waals surface area contributed by atoms with Gasteiger partial charge in [-0.15, -0.1) is 0 Å². The molecule has 0 radical (unpaired) electrons. The predicted octanol–water partition coefficient (Wildman–Crippen LogP) is 3.98. The van der Waals surface area contributed by atoms with Crippen molar-refractivity contribution in [2.24, 2.45) is 0 Å². The summed E-state index contributed by atoms with van der Waals surface area (Å²) < 4.78 is 12.0. The van der Waals surface area contributed by atoms with E-state index < -0.39 is 24.3 Å². The van der Waals surface area contributed by atoms with Crippen molar-refractivity contribution in [3.63, 3.8) is 0 Å². The zero-order valence-electron chi connectivity index (χ0n) is 13.6. The molecule has 0 atom stereocenters. The summed E-state index contributed by atoms with van der Waals surface area (Å²) in [5.41, 5.74) is 0.815. The average Bonchev–Trinajstić information content (AvgIpc) is 2.65. The molecule has 1 N–H and O–H groups in total. The molecule has 1 aromatic rings. The lowest BCUT2D eigenvalue weighted by Gasteiger charge is -2.32. The summed E-state index contributed by atoms with van der Waals surface area (Å²) in [4.78, 5) is 11.0. The first kappa shape index (κ1) is 18.4. The van der Waals surface area contributed by atoms with Gasteiger partial charge >= 0.3 is 13.1 Å². The highest BCUT2D eigenvalue weighted by Gasteiger charge is 2.52. The van der Waals surface area contributed by atoms with E-state index in [1.165, 1.54) is 12.1 Å². The molecule has 1 saturated heterocycles. The highest BCUT2D eigenvalue weighted by molar-refractivity contribution is 7.80. The molecule has 0 aromatic heterocycles. The topological polar surface area (TPSA) is 55.8 Å². The predicted molar refractivity (Wildman–Crippen MR) is 96.3 cm³/mol. The minimum Gasteiger partial charge on any atom is -0.478 e. The normalized spacial score (nSPS) is 19.9. The highest BCUT2D eigenvalue weighted by Crippen LogP contribution is 2.39. The summed E-state index contributed by atoms with van der Waals surface area (Å²) >= 11 is 10.5. The van der Waals surface area contributed by atoms with Gasteiger partial charge in [-0.1, -0.05) is 23.7 Å². The number of carboxylic acid groups (broad SMARTS) is 1. The Morgan fingerprint density at radius 1 is 1.30 bits per heavy atom. The summed E-state index contributed by atoms with van der Waals surface area (Å²) in [6, 6.07) is 4.61. The van der Waals surface area contributed by atoms with Crippen molar-refractivity contribution in [3.05, 3.63) is 39.8 Å². The molecule has 0 aliphatic carbocycles. The van der Waals surface area contributed by atoms with Gasteiger partial charge in [0.15, 0.2) is 0 Å². The van der Waals surface area contributed by atoms with Crippen molar-refractivity contribution in [2.45, 2.75) is 38.9 Å². The van der Waals surface area contributed by atoms with Gasteiger partial charge in [0, 0.05) is 10.8 Å². The molecule has 1 aliphatic rings. The van der Waals surface area contributed by atoms with E-state index in [0.29, 0.717) is 16.3 Å². The molecule has 0 unspecified atom stereocenters. The molecular weight excluding hydrogens is 335 g/mol. The van der Waals surface area contributed by atoms with E-state index in [9.17, 15) is 4.79 Å². The van der Waals surface area contributed by atoms with Crippen LogP contribution in [0.5, 0.6) is 0 Å². The van der Waals surface area contributed by atoms with Gasteiger partial charge in [0.05, 0.1) is 16.8 Å². The molecule has 2 rings (SSSR count). The summed E-state index contributed by atoms with van der Waals surface area (Å²) in [6.07, 6.45) is 1.84. The van der Waals surface area contributed by atoms with Gasteiger partial charge in [0.1, 0.15) is 0 Å². The number of benzene rings is 1. The quantitative estimate of drug-likeness (QED) is 0.634. The van der Waals surface area contributed by atoms with Crippen LogP contribution in [0.1, 0.15) is 43.6 Å². The Bertz CT molecular complexity index is 641. The second kappa shape index (κ2) is 6.51. The highest BCUT2D eigenvalue weighted by atomic mass is 35.5. The van der Waals surface area contributed by atoms with E-state index in [4.69, 9.17) is 26.0 Å². The minimum atomic E-state index is -1.01. The van der Waals surface area contributed by atoms with Crippen molar-refractivity contribution in [3.8, 4) is 0 Å². The van der Waals surface area contributed by atoms with E-state index >= 15 is 0 Å². The van der Waals surface area contributed by atoms with Crippen LogP contribution in [0.25, 0.3) is 6.08 Å². The second-order valence-corrected chi connectivity index (χ2v) is 7.23. The summed E-state index contributed by atoms with van der Waals surface area (Å²) in [5.74, 6) is -0.573. The van der Waals surface area contributed by atoms with E-state index in [1.807, 2.05) is 33.8 Å². The van der Waals surface area contributed by atoms with Crippen LogP contribution >= 0.6 is 24.2 Å². The van der Waals surface area contributed by atoms with E-state index in [-0.39, 0.29) is 5.56 Å². The van der Waals surface area contributed by atoms with Gasteiger partial charge in [0.25, 0.3) is 0 Å². The number of aromatic carboxylic acids is 1. The third-order valence-corrected chi connectivity index (χ3v) is 5.02. The Hall–Kier alpha value is -0.945. The molecule has 0 bridgehead atoms. The average molecular weight is 355 g/mol. The molecule has 4 nitrogen and oxygen atoms in total. The lowest BCUT2D eigenvalue weighted by molar-refractivity contribution is 0.00578. The molecule has 1 fully saturated rings. The van der Waals surface area contributed by atoms with Crippen LogP contribution in [0.2, 0.25) is 5.02 Å². The molecule has 1 heterocycles. The number of carbonyl (C=O) groups is 1. The summed E-state index contributed by atoms with van der Waals surface area (Å²) in [5, 5.41) is 9.35. The molecule has 0 spiro atoms. The third kappa shape index (κ3) is 3.77. The fourth-order valence-electron chi connectivity index (χ4n) is 2.16. The standard InChI is InChI=1S/C16H20BClO4S/c1-15(2)16(3,4)22-17(21-15)12(9-23)7-10-5-6-11(14(19)20)8-13(10)18/h5-8,23H,9H2,1-4H3,(H,19,20). The van der Waals surface area contributed by atoms with Crippen LogP contribution < -0.4 is 0 Å². The largest absolute Gasteiger partial charge is 0.491 e. The number of halogens is 1. The molecule has 124 valence electrons. The Balaban J connectivity index is 2.32. The SMILES string of the molecule is CC1(C)OB(C(=Cc2ccc(C(=O)O)cc2Cl)CS)OC1(C)C. The number of hydrogen-bond donors (Lipinski definition) is 2. The van der Waals surface area contributed by atoms with Crippen LogP contribution in [0.3, 0.4) is 0 Å². The van der Waals surface area contributed by atoms with E-state index in [1.54, 1.807) is 6.07 Å². The number of thiol groups is 1. The monoisotopic (exact) mass is 354 g/mol. The first-order valence-corrected chi connectivity index (χ1v) is 8.28. The van der Waals surface area contributed by atoms with E-state index in [2.05, 4.69) is 12.6 Å². The molecule has 0 amide bonds. The van der Waals surface area contributed by atoms with Crippen LogP contribution in [0.4, 0.5) is 0 Å². The van der Waals surface area contributed by atoms with Gasteiger partial charge in [0.2, 0.25) is 0 Å². The Kier molecular flexibility index (Phi) is 5.21. The Morgan fingerprint density at radius 2 is 1.87 bits per heavy atom. The van der Waals surface area contributed by atoms with Gasteiger partial charge in [-0.05, 0) is 50.9 Å². The third-order valence-electron chi connectivity index (χ3n) is 4.33. The zero-order chi connectivity index (χ0) is 17.4. The van der Waals surface area contributed by atoms with Crippen LogP contribution in [0, 0.1) is 0 Å². The van der Waals surface area contributed by atoms with Crippen molar-refractivity contribution < 1.29 is 19.2 Å². The fourth-order valence-corrected chi connectivity index (χ4v) is 2.64. The smallest absolute Gasteiger partial charge is 0.478 e. The van der Waals surface area contributed by atoms with Crippen LogP contribution in [0.15, 0.2) is 23.7 Å². The lowest BCUT2D eigenvalue weighted by Crippen LogP contribution is -2.41. The van der Waals surface area contributed by atoms with Gasteiger partial charge in [-0.25, -0.2) is 4.79 Å². The van der Waals surface area contributed by atoms with Crippen molar-refractivity contribution >= 4 is 43.4 Å². The van der Waals surface area contributed by atoms with Crippen molar-refractivity contribution in [1.82, 2.24) is 0 Å². The molecule has 23 heavy (non-hydrogen) atoms. The molecule has 0 saturated carbocycles. The minimum absolute atomic E-state index is 0.148. The molecular formula is C16H20BClO4S. The van der Waals surface area contributed by atoms with Gasteiger partial charge in [-0.2, -0.15) is 12.6 Å². The first-order valence-electron chi connectivity index (χ1n) is 7.27. The van der Waals surface area contributed by atoms with Crippen molar-refractivity contribution in [1.29, 1.82) is 0 Å². The summed E-state index contributed by atoms with van der Waals surface area (Å²) in [6.45, 7) is 7.94. The first-order chi connectivity index (χ1) is 10.6. The van der Waals surface area contributed by atoms with Gasteiger partial charge < -0.3 is 14.4 Å². The van der Waals surface area contributed by atoms with Crippen LogP contribution in [-0.2, 0) is 9.31 Å². The molecule has 1 aromatic carbocycles. The van der Waals surface area contributed by atoms with Crippen LogP contribution in [-0.4, -0.2) is 35.1 Å². The zero-order valence-corrected chi connectivity index (χ0v) is 15.2. The second-order valence-electron chi connectivity index (χ2n) is 6.51. The maximum Gasteiger partial charge on any atom is 0.491 e. The molecule has 7 heteroatoms. The Labute approximate surface area is 147 Å². The number of rotatable bonds is 4. The van der Waals surface area contributed by atoms with E-state index in [0.717, 1.165) is 5.47 Å². The van der Waals surface area contributed by atoms with Gasteiger partial charge in [-0.3, -0.25) is 0 Å². The fraction of sp³-hybridized carbons (Fsp3) is 0.438. The maximum atomic E-state index is 11.0.